The van der Waals surface area contributed by atoms with Crippen LogP contribution in [0.2, 0.25) is 5.02 Å². The number of halogens is 1. The molecule has 1 heterocycles. The molecule has 0 bridgehead atoms. The van der Waals surface area contributed by atoms with Crippen molar-refractivity contribution in [2.75, 3.05) is 0 Å². The first-order valence-corrected chi connectivity index (χ1v) is 10.1. The number of nitrogens with zero attached hydrogens (tertiary/aromatic N) is 2. The van der Waals surface area contributed by atoms with Crippen molar-refractivity contribution >= 4 is 40.1 Å². The van der Waals surface area contributed by atoms with Gasteiger partial charge in [-0.3, -0.25) is 19.7 Å². The van der Waals surface area contributed by atoms with E-state index in [0.29, 0.717) is 5.02 Å². The van der Waals surface area contributed by atoms with E-state index in [9.17, 15) is 19.7 Å². The number of hydrogen-bond acceptors (Lipinski definition) is 5. The fourth-order valence-corrected chi connectivity index (χ4v) is 3.52. The minimum absolute atomic E-state index is 0.0415. The van der Waals surface area contributed by atoms with Gasteiger partial charge in [0, 0.05) is 22.8 Å². The molecule has 1 aromatic heterocycles. The standard InChI is InChI=1S/C22H22ClN3O5/c1-14(2)31-22(28)12-18(17-5-3-4-6-19(17)26(29)30)24-21(27)13-25-10-9-15-7-8-16(23)11-20(15)25/h3-11,14,18H,12-13H2,1-2H3,(H,24,27). The van der Waals surface area contributed by atoms with Gasteiger partial charge < -0.3 is 14.6 Å². The van der Waals surface area contributed by atoms with Gasteiger partial charge in [-0.1, -0.05) is 35.9 Å². The lowest BCUT2D eigenvalue weighted by Gasteiger charge is -2.20. The SMILES string of the molecule is CC(C)OC(=O)CC(NC(=O)Cn1ccc2ccc(Cl)cc21)c1ccccc1[N+](=O)[O-]. The summed E-state index contributed by atoms with van der Waals surface area (Å²) >= 11 is 6.07. The first-order valence-electron chi connectivity index (χ1n) is 9.71. The predicted molar refractivity (Wildman–Crippen MR) is 117 cm³/mol. The van der Waals surface area contributed by atoms with Gasteiger partial charge in [-0.2, -0.15) is 0 Å². The molecule has 3 aromatic rings. The number of fused-ring (bicyclic) bond motifs is 1. The molecule has 0 aliphatic heterocycles. The summed E-state index contributed by atoms with van der Waals surface area (Å²) in [7, 11) is 0. The van der Waals surface area contributed by atoms with Gasteiger partial charge in [-0.15, -0.1) is 0 Å². The Bertz CT molecular complexity index is 1130. The smallest absolute Gasteiger partial charge is 0.308 e. The van der Waals surface area contributed by atoms with Crippen molar-refractivity contribution < 1.29 is 19.2 Å². The van der Waals surface area contributed by atoms with Crippen molar-refractivity contribution in [1.29, 1.82) is 0 Å². The molecule has 0 radical (unpaired) electrons. The Balaban J connectivity index is 1.85. The van der Waals surface area contributed by atoms with Gasteiger partial charge in [-0.25, -0.2) is 0 Å². The van der Waals surface area contributed by atoms with Crippen LogP contribution in [0.5, 0.6) is 0 Å². The number of carbonyl (C=O) groups excluding carboxylic acids is 2. The van der Waals surface area contributed by atoms with Crippen LogP contribution in [0.1, 0.15) is 31.9 Å². The molecule has 1 unspecified atom stereocenters. The molecule has 3 rings (SSSR count). The Morgan fingerprint density at radius 2 is 1.94 bits per heavy atom. The monoisotopic (exact) mass is 443 g/mol. The van der Waals surface area contributed by atoms with Crippen LogP contribution in [-0.2, 0) is 20.9 Å². The number of benzene rings is 2. The van der Waals surface area contributed by atoms with Crippen LogP contribution in [0.25, 0.3) is 10.9 Å². The van der Waals surface area contributed by atoms with Gasteiger partial charge in [0.25, 0.3) is 5.69 Å². The Kier molecular flexibility index (Phi) is 6.91. The molecule has 0 saturated heterocycles. The van der Waals surface area contributed by atoms with Crippen molar-refractivity contribution in [1.82, 2.24) is 9.88 Å². The predicted octanol–water partition coefficient (Wildman–Crippen LogP) is 4.40. The number of nitrogens with one attached hydrogen (secondary N) is 1. The summed E-state index contributed by atoms with van der Waals surface area (Å²) in [6, 6.07) is 12.3. The molecule has 1 amide bonds. The van der Waals surface area contributed by atoms with Crippen LogP contribution in [-0.4, -0.2) is 27.5 Å². The normalized spacial score (nSPS) is 12.0. The second-order valence-corrected chi connectivity index (χ2v) is 7.76. The maximum atomic E-state index is 12.8. The van der Waals surface area contributed by atoms with Gasteiger partial charge in [0.1, 0.15) is 6.54 Å². The highest BCUT2D eigenvalue weighted by molar-refractivity contribution is 6.31. The number of aromatic nitrogens is 1. The molecule has 1 atom stereocenters. The van der Waals surface area contributed by atoms with Crippen LogP contribution >= 0.6 is 11.6 Å². The summed E-state index contributed by atoms with van der Waals surface area (Å²) in [6.07, 6.45) is 1.19. The lowest BCUT2D eigenvalue weighted by Crippen LogP contribution is -2.33. The molecule has 0 saturated carbocycles. The number of hydrogen-bond donors (Lipinski definition) is 1. The van der Waals surface area contributed by atoms with Crippen molar-refractivity contribution in [3.63, 3.8) is 0 Å². The van der Waals surface area contributed by atoms with E-state index >= 15 is 0 Å². The van der Waals surface area contributed by atoms with Crippen molar-refractivity contribution in [3.8, 4) is 0 Å². The van der Waals surface area contributed by atoms with E-state index in [-0.39, 0.29) is 30.3 Å². The number of para-hydroxylation sites is 1. The highest BCUT2D eigenvalue weighted by Gasteiger charge is 2.26. The third kappa shape index (κ3) is 5.61. The van der Waals surface area contributed by atoms with Crippen LogP contribution in [0.3, 0.4) is 0 Å². The Morgan fingerprint density at radius 1 is 1.19 bits per heavy atom. The third-order valence-electron chi connectivity index (χ3n) is 4.63. The number of nitro groups is 1. The molecule has 8 nitrogen and oxygen atoms in total. The number of rotatable bonds is 8. The molecule has 31 heavy (non-hydrogen) atoms. The second kappa shape index (κ2) is 9.61. The molecule has 2 aromatic carbocycles. The molecular weight excluding hydrogens is 422 g/mol. The Morgan fingerprint density at radius 3 is 2.65 bits per heavy atom. The van der Waals surface area contributed by atoms with E-state index in [1.807, 2.05) is 12.1 Å². The van der Waals surface area contributed by atoms with E-state index in [1.165, 1.54) is 18.2 Å². The molecule has 0 fully saturated rings. The van der Waals surface area contributed by atoms with Crippen LogP contribution < -0.4 is 5.32 Å². The van der Waals surface area contributed by atoms with Crippen molar-refractivity contribution in [2.45, 2.75) is 39.0 Å². The third-order valence-corrected chi connectivity index (χ3v) is 4.87. The highest BCUT2D eigenvalue weighted by atomic mass is 35.5. The topological polar surface area (TPSA) is 103 Å². The molecule has 0 spiro atoms. The van der Waals surface area contributed by atoms with Crippen LogP contribution in [0, 0.1) is 10.1 Å². The average Bonchev–Trinajstić information content (AvgIpc) is 3.08. The summed E-state index contributed by atoms with van der Waals surface area (Å²) in [4.78, 5) is 36.0. The lowest BCUT2D eigenvalue weighted by atomic mass is 10.0. The van der Waals surface area contributed by atoms with Gasteiger partial charge >= 0.3 is 5.97 Å². The van der Waals surface area contributed by atoms with Crippen molar-refractivity contribution in [3.05, 3.63) is 75.4 Å². The first kappa shape index (κ1) is 22.3. The fourth-order valence-electron chi connectivity index (χ4n) is 3.35. The highest BCUT2D eigenvalue weighted by Crippen LogP contribution is 2.28. The molecule has 0 aliphatic rings. The summed E-state index contributed by atoms with van der Waals surface area (Å²) in [5.74, 6) is -0.963. The van der Waals surface area contributed by atoms with Crippen molar-refractivity contribution in [2.24, 2.45) is 0 Å². The lowest BCUT2D eigenvalue weighted by molar-refractivity contribution is -0.385. The van der Waals surface area contributed by atoms with E-state index in [1.54, 1.807) is 42.8 Å². The molecule has 1 N–H and O–H groups in total. The van der Waals surface area contributed by atoms with Gasteiger partial charge in [0.05, 0.1) is 29.1 Å². The average molecular weight is 444 g/mol. The van der Waals surface area contributed by atoms with Crippen LogP contribution in [0.4, 0.5) is 5.69 Å². The number of carbonyl (C=O) groups is 2. The Labute approximate surface area is 183 Å². The maximum absolute atomic E-state index is 12.8. The van der Waals surface area contributed by atoms with E-state index in [0.717, 1.165) is 10.9 Å². The first-order chi connectivity index (χ1) is 14.7. The largest absolute Gasteiger partial charge is 0.463 e. The summed E-state index contributed by atoms with van der Waals surface area (Å²) in [5.41, 5.74) is 0.842. The number of ether oxygens (including phenoxy) is 1. The summed E-state index contributed by atoms with van der Waals surface area (Å²) in [5, 5.41) is 15.7. The van der Waals surface area contributed by atoms with E-state index in [4.69, 9.17) is 16.3 Å². The summed E-state index contributed by atoms with van der Waals surface area (Å²) < 4.78 is 6.90. The van der Waals surface area contributed by atoms with Gasteiger partial charge in [0.2, 0.25) is 5.91 Å². The maximum Gasteiger partial charge on any atom is 0.308 e. The molecule has 9 heteroatoms. The van der Waals surface area contributed by atoms with Crippen LogP contribution in [0.15, 0.2) is 54.7 Å². The minimum Gasteiger partial charge on any atom is -0.463 e. The number of esters is 1. The second-order valence-electron chi connectivity index (χ2n) is 7.33. The number of nitro benzene ring substituents is 1. The zero-order valence-corrected chi connectivity index (χ0v) is 17.8. The van der Waals surface area contributed by atoms with E-state index < -0.39 is 22.8 Å². The zero-order chi connectivity index (χ0) is 22.5. The summed E-state index contributed by atoms with van der Waals surface area (Å²) in [6.45, 7) is 3.37. The molecule has 0 aliphatic carbocycles. The van der Waals surface area contributed by atoms with Gasteiger partial charge in [0.15, 0.2) is 0 Å². The van der Waals surface area contributed by atoms with E-state index in [2.05, 4.69) is 5.32 Å². The zero-order valence-electron chi connectivity index (χ0n) is 17.1. The Hall–Kier alpha value is -3.39. The molecular formula is C22H22ClN3O5. The number of amides is 1. The molecule has 162 valence electrons. The quantitative estimate of drug-likeness (QED) is 0.315. The minimum atomic E-state index is -0.911. The van der Waals surface area contributed by atoms with Gasteiger partial charge in [-0.05, 0) is 37.4 Å². The fraction of sp³-hybridized carbons (Fsp3) is 0.273.